The third-order valence-corrected chi connectivity index (χ3v) is 2.41. The topological polar surface area (TPSA) is 27.1 Å². The van der Waals surface area contributed by atoms with Crippen molar-refractivity contribution < 1.29 is 31.1 Å². The van der Waals surface area contributed by atoms with Crippen LogP contribution in [0.5, 0.6) is 11.6 Å². The minimum Gasteiger partial charge on any atom is -0.437 e. The molecule has 2 aromatic rings. The Bertz CT molecular complexity index is 612. The second kappa shape index (κ2) is 4.97. The first-order chi connectivity index (χ1) is 9.55. The van der Waals surface area contributed by atoms with E-state index in [4.69, 9.17) is 4.74 Å². The number of alkyl halides is 6. The lowest BCUT2D eigenvalue weighted by Crippen LogP contribution is -2.11. The van der Waals surface area contributed by atoms with Crippen LogP contribution in [0.25, 0.3) is 0 Å². The number of aryl methyl sites for hydroxylation is 1. The SMILES string of the molecule is Cn1[c]cc(Oc2cc(C(F)(F)F)cc(C(F)(F)F)c2)n1. The zero-order valence-electron chi connectivity index (χ0n) is 10.4. The van der Waals surface area contributed by atoms with Crippen molar-refractivity contribution >= 4 is 0 Å². The molecule has 0 N–H and O–H groups in total. The fourth-order valence-electron chi connectivity index (χ4n) is 1.51. The van der Waals surface area contributed by atoms with Crippen LogP contribution in [0.4, 0.5) is 26.3 Å². The lowest BCUT2D eigenvalue weighted by molar-refractivity contribution is -0.143. The summed E-state index contributed by atoms with van der Waals surface area (Å²) in [5, 5.41) is 3.67. The highest BCUT2D eigenvalue weighted by atomic mass is 19.4. The van der Waals surface area contributed by atoms with Gasteiger partial charge in [0, 0.05) is 13.1 Å². The van der Waals surface area contributed by atoms with Crippen LogP contribution in [0.1, 0.15) is 11.1 Å². The molecule has 0 saturated heterocycles. The number of hydrogen-bond donors (Lipinski definition) is 0. The number of hydrogen-bond acceptors (Lipinski definition) is 2. The van der Waals surface area contributed by atoms with E-state index >= 15 is 0 Å². The molecule has 1 aromatic heterocycles. The Kier molecular flexibility index (Phi) is 3.60. The molecule has 0 atom stereocenters. The zero-order valence-corrected chi connectivity index (χ0v) is 10.4. The minimum atomic E-state index is -4.92. The van der Waals surface area contributed by atoms with E-state index in [9.17, 15) is 26.3 Å². The highest BCUT2D eigenvalue weighted by Gasteiger charge is 2.37. The molecule has 1 heterocycles. The third kappa shape index (κ3) is 3.67. The van der Waals surface area contributed by atoms with Gasteiger partial charge >= 0.3 is 12.4 Å². The average Bonchev–Trinajstić information content (AvgIpc) is 2.72. The van der Waals surface area contributed by atoms with E-state index < -0.39 is 29.2 Å². The number of ether oxygens (including phenoxy) is 1. The molecule has 113 valence electrons. The van der Waals surface area contributed by atoms with Gasteiger partial charge in [0.15, 0.2) is 0 Å². The molecule has 1 radical (unpaired) electrons. The van der Waals surface area contributed by atoms with Crippen molar-refractivity contribution in [1.29, 1.82) is 0 Å². The van der Waals surface area contributed by atoms with Gasteiger partial charge in [-0.1, -0.05) is 0 Å². The van der Waals surface area contributed by atoms with Crippen molar-refractivity contribution in [3.63, 3.8) is 0 Å². The average molecular weight is 309 g/mol. The van der Waals surface area contributed by atoms with E-state index in [1.807, 2.05) is 0 Å². The fraction of sp³-hybridized carbons (Fsp3) is 0.250. The van der Waals surface area contributed by atoms with Crippen LogP contribution in [0, 0.1) is 6.20 Å². The maximum atomic E-state index is 12.6. The van der Waals surface area contributed by atoms with Crippen LogP contribution in [-0.2, 0) is 19.4 Å². The number of nitrogens with zero attached hydrogens (tertiary/aromatic N) is 2. The van der Waals surface area contributed by atoms with Crippen molar-refractivity contribution in [3.8, 4) is 11.6 Å². The van der Waals surface area contributed by atoms with Gasteiger partial charge in [-0.25, -0.2) is 0 Å². The molecule has 0 aliphatic carbocycles. The van der Waals surface area contributed by atoms with E-state index in [1.54, 1.807) is 0 Å². The normalized spacial score (nSPS) is 12.5. The maximum absolute atomic E-state index is 12.6. The summed E-state index contributed by atoms with van der Waals surface area (Å²) >= 11 is 0. The van der Waals surface area contributed by atoms with Gasteiger partial charge in [-0.2, -0.15) is 26.3 Å². The van der Waals surface area contributed by atoms with Gasteiger partial charge in [-0.3, -0.25) is 4.68 Å². The maximum Gasteiger partial charge on any atom is 0.416 e. The zero-order chi connectivity index (χ0) is 15.8. The number of rotatable bonds is 2. The van der Waals surface area contributed by atoms with Crippen molar-refractivity contribution in [2.45, 2.75) is 12.4 Å². The monoisotopic (exact) mass is 309 g/mol. The minimum absolute atomic E-state index is 0.0252. The smallest absolute Gasteiger partial charge is 0.416 e. The number of halogens is 6. The van der Waals surface area contributed by atoms with Gasteiger partial charge in [0.25, 0.3) is 0 Å². The van der Waals surface area contributed by atoms with Gasteiger partial charge in [-0.05, 0) is 18.2 Å². The summed E-state index contributed by atoms with van der Waals surface area (Å²) in [4.78, 5) is 0. The Hall–Kier alpha value is -2.19. The molecule has 0 spiro atoms. The molecule has 2 rings (SSSR count). The molecule has 9 heteroatoms. The predicted molar refractivity (Wildman–Crippen MR) is 58.6 cm³/mol. The first-order valence-electron chi connectivity index (χ1n) is 5.45. The molecule has 0 aliphatic heterocycles. The second-order valence-electron chi connectivity index (χ2n) is 4.08. The van der Waals surface area contributed by atoms with Gasteiger partial charge in [-0.15, -0.1) is 5.10 Å². The van der Waals surface area contributed by atoms with E-state index in [2.05, 4.69) is 11.3 Å². The number of benzene rings is 1. The molecule has 0 unspecified atom stereocenters. The summed E-state index contributed by atoms with van der Waals surface area (Å²) in [6.07, 6.45) is -7.33. The van der Waals surface area contributed by atoms with Crippen LogP contribution in [-0.4, -0.2) is 9.78 Å². The van der Waals surface area contributed by atoms with E-state index in [0.717, 1.165) is 0 Å². The first kappa shape index (κ1) is 15.2. The van der Waals surface area contributed by atoms with Crippen LogP contribution >= 0.6 is 0 Å². The number of aromatic nitrogens is 2. The van der Waals surface area contributed by atoms with Crippen molar-refractivity contribution in [2.24, 2.45) is 7.05 Å². The molecular weight excluding hydrogens is 302 g/mol. The summed E-state index contributed by atoms with van der Waals surface area (Å²) < 4.78 is 81.9. The van der Waals surface area contributed by atoms with Crippen molar-refractivity contribution in [1.82, 2.24) is 9.78 Å². The quantitative estimate of drug-likeness (QED) is 0.783. The summed E-state index contributed by atoms with van der Waals surface area (Å²) in [7, 11) is 1.47. The first-order valence-corrected chi connectivity index (χ1v) is 5.45. The van der Waals surface area contributed by atoms with Crippen LogP contribution in [0.2, 0.25) is 0 Å². The van der Waals surface area contributed by atoms with E-state index in [1.165, 1.54) is 17.8 Å². The standard InChI is InChI=1S/C12H7F6N2O/c1-20-3-2-10(19-20)21-9-5-7(11(13,14)15)4-8(6-9)12(16,17)18/h2,4-6H,1H3. The molecule has 1 aromatic carbocycles. The largest absolute Gasteiger partial charge is 0.437 e. The lowest BCUT2D eigenvalue weighted by Gasteiger charge is -2.13. The molecule has 0 amide bonds. The van der Waals surface area contributed by atoms with Gasteiger partial charge in [0.1, 0.15) is 5.75 Å². The highest BCUT2D eigenvalue weighted by molar-refractivity contribution is 5.38. The summed E-state index contributed by atoms with van der Waals surface area (Å²) in [5.41, 5.74) is -2.90. The Morgan fingerprint density at radius 3 is 1.90 bits per heavy atom. The van der Waals surface area contributed by atoms with Crippen molar-refractivity contribution in [2.75, 3.05) is 0 Å². The van der Waals surface area contributed by atoms with E-state index in [-0.39, 0.29) is 11.9 Å². The van der Waals surface area contributed by atoms with E-state index in [0.29, 0.717) is 12.1 Å². The molecule has 0 aliphatic rings. The van der Waals surface area contributed by atoms with Gasteiger partial charge < -0.3 is 4.74 Å². The van der Waals surface area contributed by atoms with Crippen LogP contribution in [0.15, 0.2) is 24.3 Å². The highest BCUT2D eigenvalue weighted by Crippen LogP contribution is 2.38. The Morgan fingerprint density at radius 2 is 1.52 bits per heavy atom. The second-order valence-corrected chi connectivity index (χ2v) is 4.08. The molecule has 0 saturated carbocycles. The van der Waals surface area contributed by atoms with Gasteiger partial charge in [0.05, 0.1) is 17.3 Å². The van der Waals surface area contributed by atoms with Crippen molar-refractivity contribution in [3.05, 3.63) is 41.6 Å². The third-order valence-electron chi connectivity index (χ3n) is 2.41. The predicted octanol–water partition coefficient (Wildman–Crippen LogP) is 4.05. The fourth-order valence-corrected chi connectivity index (χ4v) is 1.51. The molecular formula is C12H7F6N2O. The van der Waals surface area contributed by atoms with Gasteiger partial charge in [0.2, 0.25) is 5.88 Å². The van der Waals surface area contributed by atoms with Crippen LogP contribution < -0.4 is 4.74 Å². The molecule has 3 nitrogen and oxygen atoms in total. The lowest BCUT2D eigenvalue weighted by atomic mass is 10.1. The van der Waals surface area contributed by atoms with Crippen LogP contribution in [0.3, 0.4) is 0 Å². The Labute approximate surface area is 114 Å². The molecule has 21 heavy (non-hydrogen) atoms. The molecule has 0 bridgehead atoms. The Balaban J connectivity index is 2.45. The summed E-state index contributed by atoms with van der Waals surface area (Å²) in [6, 6.07) is 2.17. The Morgan fingerprint density at radius 1 is 1.00 bits per heavy atom. The summed E-state index contributed by atoms with van der Waals surface area (Å²) in [6.45, 7) is 0. The summed E-state index contributed by atoms with van der Waals surface area (Å²) in [5.74, 6) is -0.769. The molecule has 0 fully saturated rings.